The first kappa shape index (κ1) is 14.6. The van der Waals surface area contributed by atoms with E-state index in [-0.39, 0.29) is 6.10 Å². The minimum Gasteiger partial charge on any atom is -0.490 e. The van der Waals surface area contributed by atoms with Crippen molar-refractivity contribution < 1.29 is 9.53 Å². The van der Waals surface area contributed by atoms with Crippen LogP contribution in [0.4, 0.5) is 0 Å². The largest absolute Gasteiger partial charge is 0.490 e. The molecule has 2 aromatic carbocycles. The Balaban J connectivity index is 1.81. The molecule has 1 fully saturated rings. The Morgan fingerprint density at radius 3 is 2.45 bits per heavy atom. The summed E-state index contributed by atoms with van der Waals surface area (Å²) >= 11 is 0. The van der Waals surface area contributed by atoms with E-state index in [1.807, 2.05) is 42.5 Å². The molecule has 0 unspecified atom stereocenters. The SMILES string of the molecule is NC(=O)c1cccc(-c2cccc(OC3CCNCC3)c2)c1. The van der Waals surface area contributed by atoms with Gasteiger partial charge in [0.25, 0.3) is 0 Å². The first-order chi connectivity index (χ1) is 10.7. The fraction of sp³-hybridized carbons (Fsp3) is 0.278. The van der Waals surface area contributed by atoms with Gasteiger partial charge in [0.15, 0.2) is 0 Å². The van der Waals surface area contributed by atoms with Crippen LogP contribution in [0.3, 0.4) is 0 Å². The average molecular weight is 296 g/mol. The minimum atomic E-state index is -0.413. The molecule has 0 aromatic heterocycles. The predicted octanol–water partition coefficient (Wildman–Crippen LogP) is 2.58. The Hall–Kier alpha value is -2.33. The molecule has 3 rings (SSSR count). The summed E-state index contributed by atoms with van der Waals surface area (Å²) in [6.07, 6.45) is 2.33. The third kappa shape index (κ3) is 3.46. The van der Waals surface area contributed by atoms with E-state index < -0.39 is 5.91 Å². The zero-order valence-electron chi connectivity index (χ0n) is 12.4. The highest BCUT2D eigenvalue weighted by Crippen LogP contribution is 2.26. The first-order valence-corrected chi connectivity index (χ1v) is 7.60. The smallest absolute Gasteiger partial charge is 0.248 e. The van der Waals surface area contributed by atoms with Gasteiger partial charge in [0, 0.05) is 5.56 Å². The Morgan fingerprint density at radius 1 is 1.05 bits per heavy atom. The van der Waals surface area contributed by atoms with Crippen molar-refractivity contribution in [2.45, 2.75) is 18.9 Å². The molecule has 0 radical (unpaired) electrons. The van der Waals surface area contributed by atoms with E-state index in [4.69, 9.17) is 10.5 Å². The third-order valence-corrected chi connectivity index (χ3v) is 3.90. The zero-order chi connectivity index (χ0) is 15.4. The van der Waals surface area contributed by atoms with Gasteiger partial charge in [-0.1, -0.05) is 24.3 Å². The zero-order valence-corrected chi connectivity index (χ0v) is 12.4. The van der Waals surface area contributed by atoms with E-state index in [0.717, 1.165) is 42.8 Å². The molecule has 1 aliphatic heterocycles. The van der Waals surface area contributed by atoms with Gasteiger partial charge >= 0.3 is 0 Å². The fourth-order valence-corrected chi connectivity index (χ4v) is 2.71. The number of hydrogen-bond donors (Lipinski definition) is 2. The number of carbonyl (C=O) groups is 1. The average Bonchev–Trinajstić information content (AvgIpc) is 2.56. The van der Waals surface area contributed by atoms with Crippen LogP contribution in [0, 0.1) is 0 Å². The number of ether oxygens (including phenoxy) is 1. The van der Waals surface area contributed by atoms with Crippen LogP contribution in [-0.2, 0) is 0 Å². The van der Waals surface area contributed by atoms with E-state index in [1.165, 1.54) is 0 Å². The summed E-state index contributed by atoms with van der Waals surface area (Å²) < 4.78 is 6.06. The van der Waals surface area contributed by atoms with E-state index >= 15 is 0 Å². The van der Waals surface area contributed by atoms with Gasteiger partial charge in [-0.3, -0.25) is 4.79 Å². The second-order valence-corrected chi connectivity index (χ2v) is 5.54. The summed E-state index contributed by atoms with van der Waals surface area (Å²) in [4.78, 5) is 11.3. The van der Waals surface area contributed by atoms with Gasteiger partial charge in [0.05, 0.1) is 0 Å². The van der Waals surface area contributed by atoms with Crippen molar-refractivity contribution in [2.75, 3.05) is 13.1 Å². The second kappa shape index (κ2) is 6.62. The number of primary amides is 1. The quantitative estimate of drug-likeness (QED) is 0.911. The van der Waals surface area contributed by atoms with Crippen LogP contribution in [0.2, 0.25) is 0 Å². The molecule has 114 valence electrons. The maximum Gasteiger partial charge on any atom is 0.248 e. The maximum absolute atomic E-state index is 11.3. The topological polar surface area (TPSA) is 64.4 Å². The number of amides is 1. The summed E-state index contributed by atoms with van der Waals surface area (Å²) in [6.45, 7) is 2.01. The van der Waals surface area contributed by atoms with Crippen molar-refractivity contribution in [2.24, 2.45) is 5.73 Å². The highest BCUT2D eigenvalue weighted by atomic mass is 16.5. The number of piperidine rings is 1. The van der Waals surface area contributed by atoms with Crippen LogP contribution < -0.4 is 15.8 Å². The van der Waals surface area contributed by atoms with Gasteiger partial charge in [-0.25, -0.2) is 0 Å². The minimum absolute atomic E-state index is 0.272. The van der Waals surface area contributed by atoms with Crippen LogP contribution in [0.5, 0.6) is 5.75 Å². The van der Waals surface area contributed by atoms with Gasteiger partial charge in [-0.05, 0) is 61.3 Å². The molecule has 0 saturated carbocycles. The number of nitrogens with one attached hydrogen (secondary N) is 1. The van der Waals surface area contributed by atoms with Crippen LogP contribution in [0.25, 0.3) is 11.1 Å². The molecule has 1 saturated heterocycles. The Bertz CT molecular complexity index is 664. The molecule has 22 heavy (non-hydrogen) atoms. The van der Waals surface area contributed by atoms with Crippen LogP contribution in [-0.4, -0.2) is 25.1 Å². The monoisotopic (exact) mass is 296 g/mol. The molecule has 4 heteroatoms. The van der Waals surface area contributed by atoms with Gasteiger partial charge in [-0.2, -0.15) is 0 Å². The standard InChI is InChI=1S/C18H20N2O2/c19-18(21)15-5-1-3-13(11-15)14-4-2-6-17(12-14)22-16-7-9-20-10-8-16/h1-6,11-12,16,20H,7-10H2,(H2,19,21). The lowest BCUT2D eigenvalue weighted by molar-refractivity contribution is 0.100. The van der Waals surface area contributed by atoms with Crippen molar-refractivity contribution in [3.05, 3.63) is 54.1 Å². The summed E-state index contributed by atoms with van der Waals surface area (Å²) in [7, 11) is 0. The number of carbonyl (C=O) groups excluding carboxylic acids is 1. The van der Waals surface area contributed by atoms with Gasteiger partial charge in [0.2, 0.25) is 5.91 Å². The Kier molecular flexibility index (Phi) is 4.39. The first-order valence-electron chi connectivity index (χ1n) is 7.60. The van der Waals surface area contributed by atoms with E-state index in [2.05, 4.69) is 5.32 Å². The second-order valence-electron chi connectivity index (χ2n) is 5.54. The molecule has 2 aromatic rings. The highest BCUT2D eigenvalue weighted by molar-refractivity contribution is 5.94. The molecule has 1 aliphatic rings. The van der Waals surface area contributed by atoms with Crippen molar-refractivity contribution >= 4 is 5.91 Å². The van der Waals surface area contributed by atoms with E-state index in [0.29, 0.717) is 5.56 Å². The summed E-state index contributed by atoms with van der Waals surface area (Å²) in [5.41, 5.74) is 7.85. The summed E-state index contributed by atoms with van der Waals surface area (Å²) in [5, 5.41) is 3.33. The lowest BCUT2D eigenvalue weighted by Crippen LogP contribution is -2.34. The molecule has 1 amide bonds. The molecule has 0 atom stereocenters. The van der Waals surface area contributed by atoms with Crippen molar-refractivity contribution in [1.82, 2.24) is 5.32 Å². The summed E-state index contributed by atoms with van der Waals surface area (Å²) in [6, 6.07) is 15.3. The number of hydrogen-bond acceptors (Lipinski definition) is 3. The van der Waals surface area contributed by atoms with Crippen molar-refractivity contribution in [1.29, 1.82) is 0 Å². The number of nitrogens with two attached hydrogens (primary N) is 1. The van der Waals surface area contributed by atoms with Crippen LogP contribution >= 0.6 is 0 Å². The normalized spacial score (nSPS) is 15.5. The van der Waals surface area contributed by atoms with E-state index in [1.54, 1.807) is 6.07 Å². The van der Waals surface area contributed by atoms with Gasteiger partial charge < -0.3 is 15.8 Å². The van der Waals surface area contributed by atoms with Crippen molar-refractivity contribution in [3.63, 3.8) is 0 Å². The Labute approximate surface area is 130 Å². The fourth-order valence-electron chi connectivity index (χ4n) is 2.71. The molecular weight excluding hydrogens is 276 g/mol. The lowest BCUT2D eigenvalue weighted by Gasteiger charge is -2.24. The molecule has 0 bridgehead atoms. The number of rotatable bonds is 4. The van der Waals surface area contributed by atoms with Crippen LogP contribution in [0.15, 0.2) is 48.5 Å². The Morgan fingerprint density at radius 2 is 1.73 bits per heavy atom. The van der Waals surface area contributed by atoms with Gasteiger partial charge in [-0.15, -0.1) is 0 Å². The van der Waals surface area contributed by atoms with Crippen molar-refractivity contribution in [3.8, 4) is 16.9 Å². The van der Waals surface area contributed by atoms with E-state index in [9.17, 15) is 4.79 Å². The predicted molar refractivity (Wildman–Crippen MR) is 86.9 cm³/mol. The highest BCUT2D eigenvalue weighted by Gasteiger charge is 2.14. The maximum atomic E-state index is 11.3. The molecule has 3 N–H and O–H groups in total. The number of benzene rings is 2. The molecule has 1 heterocycles. The third-order valence-electron chi connectivity index (χ3n) is 3.90. The molecule has 0 aliphatic carbocycles. The molecule has 0 spiro atoms. The molecule has 4 nitrogen and oxygen atoms in total. The van der Waals surface area contributed by atoms with Gasteiger partial charge in [0.1, 0.15) is 11.9 Å². The lowest BCUT2D eigenvalue weighted by atomic mass is 10.0. The summed E-state index contributed by atoms with van der Waals surface area (Å²) in [5.74, 6) is 0.456. The van der Waals surface area contributed by atoms with Crippen LogP contribution in [0.1, 0.15) is 23.2 Å². The molecular formula is C18H20N2O2.